The SMILES string of the molecule is CCC1(C(C)(C)C)CCCN1. The lowest BCUT2D eigenvalue weighted by atomic mass is 9.71. The molecular formula is C10H21N. The van der Waals surface area contributed by atoms with Gasteiger partial charge in [0.2, 0.25) is 0 Å². The van der Waals surface area contributed by atoms with Gasteiger partial charge in [0.1, 0.15) is 0 Å². The summed E-state index contributed by atoms with van der Waals surface area (Å²) in [6.07, 6.45) is 3.97. The summed E-state index contributed by atoms with van der Waals surface area (Å²) < 4.78 is 0. The second kappa shape index (κ2) is 2.78. The van der Waals surface area contributed by atoms with Crippen molar-refractivity contribution in [3.8, 4) is 0 Å². The second-order valence-electron chi connectivity index (χ2n) is 4.72. The number of hydrogen-bond donors (Lipinski definition) is 1. The number of nitrogens with one attached hydrogen (secondary N) is 1. The Balaban J connectivity index is 2.75. The summed E-state index contributed by atoms with van der Waals surface area (Å²) in [6, 6.07) is 0. The Kier molecular flexibility index (Phi) is 2.29. The third-order valence-electron chi connectivity index (χ3n) is 3.28. The minimum absolute atomic E-state index is 0.415. The minimum atomic E-state index is 0.415. The Morgan fingerprint density at radius 2 is 2.00 bits per heavy atom. The molecule has 1 nitrogen and oxygen atoms in total. The van der Waals surface area contributed by atoms with Crippen LogP contribution < -0.4 is 5.32 Å². The second-order valence-corrected chi connectivity index (χ2v) is 4.72. The van der Waals surface area contributed by atoms with E-state index in [1.165, 1.54) is 25.8 Å². The zero-order chi connectivity index (χ0) is 8.54. The largest absolute Gasteiger partial charge is 0.311 e. The maximum atomic E-state index is 3.66. The normalized spacial score (nSPS) is 32.7. The molecule has 1 rings (SSSR count). The van der Waals surface area contributed by atoms with Crippen molar-refractivity contribution < 1.29 is 0 Å². The van der Waals surface area contributed by atoms with Crippen molar-refractivity contribution in [2.24, 2.45) is 5.41 Å². The fourth-order valence-corrected chi connectivity index (χ4v) is 2.28. The van der Waals surface area contributed by atoms with Gasteiger partial charge in [0.25, 0.3) is 0 Å². The first-order valence-electron chi connectivity index (χ1n) is 4.77. The summed E-state index contributed by atoms with van der Waals surface area (Å²) in [5, 5.41) is 3.66. The first-order chi connectivity index (χ1) is 5.02. The molecular weight excluding hydrogens is 134 g/mol. The maximum Gasteiger partial charge on any atom is 0.0227 e. The molecule has 0 aliphatic carbocycles. The lowest BCUT2D eigenvalue weighted by molar-refractivity contribution is 0.154. The third-order valence-corrected chi connectivity index (χ3v) is 3.28. The van der Waals surface area contributed by atoms with Crippen molar-refractivity contribution in [1.82, 2.24) is 5.32 Å². The summed E-state index contributed by atoms with van der Waals surface area (Å²) in [5.41, 5.74) is 0.839. The van der Waals surface area contributed by atoms with Crippen LogP contribution in [0.25, 0.3) is 0 Å². The van der Waals surface area contributed by atoms with Crippen molar-refractivity contribution in [3.63, 3.8) is 0 Å². The third kappa shape index (κ3) is 1.44. The predicted octanol–water partition coefficient (Wildman–Crippen LogP) is 2.56. The molecule has 0 radical (unpaired) electrons. The molecule has 0 spiro atoms. The quantitative estimate of drug-likeness (QED) is 0.613. The topological polar surface area (TPSA) is 12.0 Å². The fraction of sp³-hybridized carbons (Fsp3) is 1.00. The van der Waals surface area contributed by atoms with E-state index in [0.29, 0.717) is 11.0 Å². The van der Waals surface area contributed by atoms with Crippen molar-refractivity contribution in [2.45, 2.75) is 52.5 Å². The summed E-state index contributed by atoms with van der Waals surface area (Å²) in [6.45, 7) is 10.5. The van der Waals surface area contributed by atoms with Crippen LogP contribution in [0.15, 0.2) is 0 Å². The van der Waals surface area contributed by atoms with Gasteiger partial charge in [0.05, 0.1) is 0 Å². The Labute approximate surface area is 70.6 Å². The molecule has 1 saturated heterocycles. The van der Waals surface area contributed by atoms with Gasteiger partial charge in [-0.3, -0.25) is 0 Å². The van der Waals surface area contributed by atoms with E-state index in [4.69, 9.17) is 0 Å². The Morgan fingerprint density at radius 3 is 2.18 bits per heavy atom. The monoisotopic (exact) mass is 155 g/mol. The maximum absolute atomic E-state index is 3.66. The summed E-state index contributed by atoms with van der Waals surface area (Å²) >= 11 is 0. The van der Waals surface area contributed by atoms with Gasteiger partial charge in [0, 0.05) is 5.54 Å². The smallest absolute Gasteiger partial charge is 0.0227 e. The molecule has 1 heterocycles. The van der Waals surface area contributed by atoms with Crippen LogP contribution in [0.3, 0.4) is 0 Å². The molecule has 0 amide bonds. The highest BCUT2D eigenvalue weighted by molar-refractivity contribution is 5.00. The predicted molar refractivity (Wildman–Crippen MR) is 49.7 cm³/mol. The highest BCUT2D eigenvalue weighted by Gasteiger charge is 2.41. The molecule has 0 aromatic heterocycles. The van der Waals surface area contributed by atoms with Crippen LogP contribution in [0.5, 0.6) is 0 Å². The van der Waals surface area contributed by atoms with Crippen molar-refractivity contribution >= 4 is 0 Å². The van der Waals surface area contributed by atoms with E-state index in [1.807, 2.05) is 0 Å². The van der Waals surface area contributed by atoms with E-state index in [0.717, 1.165) is 0 Å². The highest BCUT2D eigenvalue weighted by atomic mass is 15.0. The summed E-state index contributed by atoms with van der Waals surface area (Å²) in [4.78, 5) is 0. The molecule has 11 heavy (non-hydrogen) atoms. The number of hydrogen-bond acceptors (Lipinski definition) is 1. The molecule has 0 bridgehead atoms. The molecule has 1 N–H and O–H groups in total. The van der Waals surface area contributed by atoms with Crippen LogP contribution in [0, 0.1) is 5.41 Å². The van der Waals surface area contributed by atoms with E-state index in [1.54, 1.807) is 0 Å². The van der Waals surface area contributed by atoms with E-state index in [2.05, 4.69) is 33.0 Å². The van der Waals surface area contributed by atoms with Gasteiger partial charge in [-0.05, 0) is 31.2 Å². The molecule has 0 aromatic carbocycles. The molecule has 1 aliphatic rings. The van der Waals surface area contributed by atoms with Crippen LogP contribution in [0.4, 0.5) is 0 Å². The Hall–Kier alpha value is -0.0400. The molecule has 66 valence electrons. The summed E-state index contributed by atoms with van der Waals surface area (Å²) in [7, 11) is 0. The van der Waals surface area contributed by atoms with Crippen LogP contribution in [0.1, 0.15) is 47.0 Å². The molecule has 0 saturated carbocycles. The highest BCUT2D eigenvalue weighted by Crippen LogP contribution is 2.39. The molecule has 0 aromatic rings. The Morgan fingerprint density at radius 1 is 1.36 bits per heavy atom. The van der Waals surface area contributed by atoms with Gasteiger partial charge in [0.15, 0.2) is 0 Å². The average molecular weight is 155 g/mol. The molecule has 1 heteroatoms. The van der Waals surface area contributed by atoms with Crippen LogP contribution in [-0.4, -0.2) is 12.1 Å². The summed E-state index contributed by atoms with van der Waals surface area (Å²) in [5.74, 6) is 0. The molecule has 1 aliphatic heterocycles. The van der Waals surface area contributed by atoms with E-state index >= 15 is 0 Å². The van der Waals surface area contributed by atoms with Gasteiger partial charge in [-0.1, -0.05) is 27.7 Å². The number of rotatable bonds is 1. The van der Waals surface area contributed by atoms with Crippen LogP contribution >= 0.6 is 0 Å². The van der Waals surface area contributed by atoms with Crippen molar-refractivity contribution in [2.75, 3.05) is 6.54 Å². The zero-order valence-corrected chi connectivity index (χ0v) is 8.33. The lowest BCUT2D eigenvalue weighted by Crippen LogP contribution is -2.50. The zero-order valence-electron chi connectivity index (χ0n) is 8.33. The van der Waals surface area contributed by atoms with Gasteiger partial charge in [-0.15, -0.1) is 0 Å². The molecule has 1 atom stereocenters. The fourth-order valence-electron chi connectivity index (χ4n) is 2.28. The van der Waals surface area contributed by atoms with Gasteiger partial charge in [-0.2, -0.15) is 0 Å². The Bertz CT molecular complexity index is 126. The van der Waals surface area contributed by atoms with Crippen molar-refractivity contribution in [1.29, 1.82) is 0 Å². The van der Waals surface area contributed by atoms with E-state index in [9.17, 15) is 0 Å². The molecule has 1 fully saturated rings. The first-order valence-corrected chi connectivity index (χ1v) is 4.77. The van der Waals surface area contributed by atoms with Gasteiger partial charge >= 0.3 is 0 Å². The van der Waals surface area contributed by atoms with Gasteiger partial charge in [-0.25, -0.2) is 0 Å². The van der Waals surface area contributed by atoms with Crippen molar-refractivity contribution in [3.05, 3.63) is 0 Å². The standard InChI is InChI=1S/C10H21N/c1-5-10(9(2,3)4)7-6-8-11-10/h11H,5-8H2,1-4H3. The lowest BCUT2D eigenvalue weighted by Gasteiger charge is -2.41. The first kappa shape index (κ1) is 9.05. The van der Waals surface area contributed by atoms with Crippen LogP contribution in [-0.2, 0) is 0 Å². The average Bonchev–Trinajstić information content (AvgIpc) is 2.33. The van der Waals surface area contributed by atoms with Gasteiger partial charge < -0.3 is 5.32 Å². The minimum Gasteiger partial charge on any atom is -0.311 e. The van der Waals surface area contributed by atoms with Crippen LogP contribution in [0.2, 0.25) is 0 Å². The molecule has 1 unspecified atom stereocenters. The van der Waals surface area contributed by atoms with E-state index < -0.39 is 0 Å². The van der Waals surface area contributed by atoms with E-state index in [-0.39, 0.29) is 0 Å².